The summed E-state index contributed by atoms with van der Waals surface area (Å²) in [5.41, 5.74) is 4.96. The van der Waals surface area contributed by atoms with E-state index in [4.69, 9.17) is 4.74 Å². The van der Waals surface area contributed by atoms with Crippen molar-refractivity contribution >= 4 is 0 Å². The number of fused-ring (bicyclic) bond motifs is 2. The molecule has 0 bridgehead atoms. The molecule has 1 nitrogen and oxygen atoms in total. The second kappa shape index (κ2) is 3.61. The van der Waals surface area contributed by atoms with E-state index in [1.54, 1.807) is 0 Å². The quantitative estimate of drug-likeness (QED) is 0.644. The Labute approximate surface area is 108 Å². The Kier molecular flexibility index (Phi) is 2.28. The van der Waals surface area contributed by atoms with Gasteiger partial charge in [-0.3, -0.25) is 0 Å². The molecule has 92 valence electrons. The summed E-state index contributed by atoms with van der Waals surface area (Å²) in [4.78, 5) is 0. The number of rotatable bonds is 0. The van der Waals surface area contributed by atoms with Crippen LogP contribution in [0.2, 0.25) is 0 Å². The third kappa shape index (κ3) is 1.40. The molecule has 0 N–H and O–H groups in total. The molecule has 1 heteroatoms. The summed E-state index contributed by atoms with van der Waals surface area (Å²) in [6.07, 6.45) is 0. The summed E-state index contributed by atoms with van der Waals surface area (Å²) in [5, 5.41) is 0. The minimum absolute atomic E-state index is 0.000949. The van der Waals surface area contributed by atoms with E-state index >= 15 is 0 Å². The summed E-state index contributed by atoms with van der Waals surface area (Å²) in [5.74, 6) is 2.06. The minimum atomic E-state index is 0.000949. The lowest BCUT2D eigenvalue weighted by molar-refractivity contribution is 0.412. The third-order valence-electron chi connectivity index (χ3n) is 3.97. The molecule has 0 aliphatic carbocycles. The van der Waals surface area contributed by atoms with Crippen molar-refractivity contribution in [2.45, 2.75) is 33.1 Å². The minimum Gasteiger partial charge on any atom is -0.456 e. The van der Waals surface area contributed by atoms with Crippen LogP contribution >= 0.6 is 0 Å². The molecule has 3 rings (SSSR count). The molecule has 0 amide bonds. The fourth-order valence-electron chi connectivity index (χ4n) is 2.81. The van der Waals surface area contributed by atoms with Gasteiger partial charge in [-0.25, -0.2) is 0 Å². The van der Waals surface area contributed by atoms with E-state index in [0.29, 0.717) is 0 Å². The van der Waals surface area contributed by atoms with Gasteiger partial charge in [0.05, 0.1) is 0 Å². The Bertz CT molecular complexity index is 570. The standard InChI is InChI=1S/C17H18O/c1-11-7-5-9-13-15(11)18-16-12(2)8-6-10-14(16)17(13,3)4/h5-10H,1-4H3. The fourth-order valence-corrected chi connectivity index (χ4v) is 2.81. The van der Waals surface area contributed by atoms with Gasteiger partial charge in [-0.05, 0) is 25.0 Å². The predicted octanol–water partition coefficient (Wildman–Crippen LogP) is 4.74. The van der Waals surface area contributed by atoms with Crippen LogP contribution in [-0.2, 0) is 5.41 Å². The van der Waals surface area contributed by atoms with Crippen molar-refractivity contribution in [1.29, 1.82) is 0 Å². The number of para-hydroxylation sites is 2. The average Bonchev–Trinajstić information content (AvgIpc) is 2.32. The molecule has 1 aliphatic heterocycles. The molecule has 0 unspecified atom stereocenters. The van der Waals surface area contributed by atoms with E-state index in [1.165, 1.54) is 22.3 Å². The molecule has 0 aromatic heterocycles. The zero-order valence-electron chi connectivity index (χ0n) is 11.4. The highest BCUT2D eigenvalue weighted by molar-refractivity contribution is 5.60. The van der Waals surface area contributed by atoms with Crippen LogP contribution in [-0.4, -0.2) is 0 Å². The summed E-state index contributed by atoms with van der Waals surface area (Å²) in [6, 6.07) is 12.8. The zero-order chi connectivity index (χ0) is 12.9. The van der Waals surface area contributed by atoms with Gasteiger partial charge in [-0.2, -0.15) is 0 Å². The summed E-state index contributed by atoms with van der Waals surface area (Å²) in [7, 11) is 0. The van der Waals surface area contributed by atoms with E-state index in [9.17, 15) is 0 Å². The van der Waals surface area contributed by atoms with Crippen molar-refractivity contribution in [2.75, 3.05) is 0 Å². The molecule has 2 aromatic carbocycles. The van der Waals surface area contributed by atoms with Crippen LogP contribution in [0.5, 0.6) is 11.5 Å². The summed E-state index contributed by atoms with van der Waals surface area (Å²) in [6.45, 7) is 8.76. The van der Waals surface area contributed by atoms with Crippen LogP contribution in [0.3, 0.4) is 0 Å². The van der Waals surface area contributed by atoms with Gasteiger partial charge in [0.1, 0.15) is 11.5 Å². The molecule has 2 aromatic rings. The highest BCUT2D eigenvalue weighted by Crippen LogP contribution is 2.49. The first-order chi connectivity index (χ1) is 8.51. The molecule has 0 spiro atoms. The van der Waals surface area contributed by atoms with E-state index in [0.717, 1.165) is 11.5 Å². The molecule has 0 saturated carbocycles. The van der Waals surface area contributed by atoms with E-state index < -0.39 is 0 Å². The van der Waals surface area contributed by atoms with Gasteiger partial charge < -0.3 is 4.74 Å². The largest absolute Gasteiger partial charge is 0.456 e. The topological polar surface area (TPSA) is 9.23 Å². The average molecular weight is 238 g/mol. The number of hydrogen-bond acceptors (Lipinski definition) is 1. The Morgan fingerprint density at radius 2 is 1.22 bits per heavy atom. The highest BCUT2D eigenvalue weighted by Gasteiger charge is 2.35. The van der Waals surface area contributed by atoms with E-state index in [1.807, 2.05) is 0 Å². The number of hydrogen-bond donors (Lipinski definition) is 0. The fraction of sp³-hybridized carbons (Fsp3) is 0.294. The van der Waals surface area contributed by atoms with Crippen LogP contribution in [0, 0.1) is 13.8 Å². The molecular formula is C17H18O. The maximum Gasteiger partial charge on any atom is 0.134 e. The van der Waals surface area contributed by atoms with E-state index in [-0.39, 0.29) is 5.41 Å². The van der Waals surface area contributed by atoms with Gasteiger partial charge in [-0.15, -0.1) is 0 Å². The Morgan fingerprint density at radius 3 is 1.67 bits per heavy atom. The molecule has 0 atom stereocenters. The maximum absolute atomic E-state index is 6.17. The monoisotopic (exact) mass is 238 g/mol. The molecule has 1 aliphatic rings. The number of benzene rings is 2. The highest BCUT2D eigenvalue weighted by atomic mass is 16.5. The van der Waals surface area contributed by atoms with Crippen molar-refractivity contribution in [3.8, 4) is 11.5 Å². The molecule has 0 radical (unpaired) electrons. The lowest BCUT2D eigenvalue weighted by Gasteiger charge is -2.35. The van der Waals surface area contributed by atoms with Crippen molar-refractivity contribution < 1.29 is 4.74 Å². The smallest absolute Gasteiger partial charge is 0.134 e. The predicted molar refractivity (Wildman–Crippen MR) is 74.6 cm³/mol. The van der Waals surface area contributed by atoms with Gasteiger partial charge in [0.25, 0.3) is 0 Å². The molecule has 0 fully saturated rings. The van der Waals surface area contributed by atoms with Gasteiger partial charge in [-0.1, -0.05) is 50.2 Å². The number of aryl methyl sites for hydroxylation is 2. The van der Waals surface area contributed by atoms with Crippen molar-refractivity contribution in [2.24, 2.45) is 0 Å². The Balaban J connectivity index is 2.33. The van der Waals surface area contributed by atoms with Crippen LogP contribution in [0.25, 0.3) is 0 Å². The Morgan fingerprint density at radius 1 is 0.778 bits per heavy atom. The number of ether oxygens (including phenoxy) is 1. The zero-order valence-corrected chi connectivity index (χ0v) is 11.4. The van der Waals surface area contributed by atoms with Crippen LogP contribution in [0.4, 0.5) is 0 Å². The van der Waals surface area contributed by atoms with Gasteiger partial charge in [0.2, 0.25) is 0 Å². The lowest BCUT2D eigenvalue weighted by Crippen LogP contribution is -2.25. The van der Waals surface area contributed by atoms with E-state index in [2.05, 4.69) is 64.1 Å². The third-order valence-corrected chi connectivity index (χ3v) is 3.97. The molecule has 1 heterocycles. The Hall–Kier alpha value is -1.76. The van der Waals surface area contributed by atoms with Crippen LogP contribution in [0.1, 0.15) is 36.1 Å². The van der Waals surface area contributed by atoms with Gasteiger partial charge in [0.15, 0.2) is 0 Å². The van der Waals surface area contributed by atoms with Crippen LogP contribution < -0.4 is 4.74 Å². The molecule has 0 saturated heterocycles. The lowest BCUT2D eigenvalue weighted by atomic mass is 9.74. The first-order valence-electron chi connectivity index (χ1n) is 6.40. The van der Waals surface area contributed by atoms with Crippen molar-refractivity contribution in [1.82, 2.24) is 0 Å². The SMILES string of the molecule is Cc1cccc2c1Oc1c(C)cccc1C2(C)C. The van der Waals surface area contributed by atoms with Crippen molar-refractivity contribution in [3.05, 3.63) is 58.7 Å². The van der Waals surface area contributed by atoms with Gasteiger partial charge >= 0.3 is 0 Å². The second-order valence-electron chi connectivity index (χ2n) is 5.63. The van der Waals surface area contributed by atoms with Gasteiger partial charge in [0, 0.05) is 16.5 Å². The second-order valence-corrected chi connectivity index (χ2v) is 5.63. The first-order valence-corrected chi connectivity index (χ1v) is 6.40. The summed E-state index contributed by atoms with van der Waals surface area (Å²) < 4.78 is 6.17. The molecular weight excluding hydrogens is 220 g/mol. The molecule has 18 heavy (non-hydrogen) atoms. The van der Waals surface area contributed by atoms with Crippen LogP contribution in [0.15, 0.2) is 36.4 Å². The van der Waals surface area contributed by atoms with Crippen molar-refractivity contribution in [3.63, 3.8) is 0 Å². The first kappa shape index (κ1) is 11.3. The summed E-state index contributed by atoms with van der Waals surface area (Å²) >= 11 is 0. The normalized spacial score (nSPS) is 15.6. The maximum atomic E-state index is 6.17.